The summed E-state index contributed by atoms with van der Waals surface area (Å²) in [6.07, 6.45) is 1.25. The molecule has 0 aliphatic carbocycles. The van der Waals surface area contributed by atoms with E-state index in [1.54, 1.807) is 0 Å². The zero-order valence-electron chi connectivity index (χ0n) is 9.09. The Morgan fingerprint density at radius 3 is 3.20 bits per heavy atom. The second-order valence-corrected chi connectivity index (χ2v) is 5.00. The summed E-state index contributed by atoms with van der Waals surface area (Å²) < 4.78 is 3.88. The van der Waals surface area contributed by atoms with E-state index in [0.29, 0.717) is 5.92 Å². The van der Waals surface area contributed by atoms with Gasteiger partial charge in [-0.1, -0.05) is 11.4 Å². The Kier molecular flexibility index (Phi) is 3.66. The van der Waals surface area contributed by atoms with Gasteiger partial charge in [-0.2, -0.15) is 0 Å². The van der Waals surface area contributed by atoms with Crippen molar-refractivity contribution < 1.29 is 0 Å². The minimum Gasteiger partial charge on any atom is -0.330 e. The highest BCUT2D eigenvalue weighted by atomic mass is 32.1. The van der Waals surface area contributed by atoms with E-state index in [1.165, 1.54) is 18.0 Å². The molecule has 84 valence electrons. The number of hydrogen-bond donors (Lipinski definition) is 1. The molecule has 1 aliphatic heterocycles. The third-order valence-electron chi connectivity index (χ3n) is 3.29. The third kappa shape index (κ3) is 2.74. The first-order valence-corrected chi connectivity index (χ1v) is 6.31. The van der Waals surface area contributed by atoms with E-state index in [4.69, 9.17) is 5.73 Å². The molecule has 0 spiro atoms. The lowest BCUT2D eigenvalue weighted by Gasteiger charge is -2.36. The molecule has 1 aromatic rings. The average molecular weight is 226 g/mol. The zero-order valence-corrected chi connectivity index (χ0v) is 9.91. The van der Waals surface area contributed by atoms with E-state index < -0.39 is 0 Å². The van der Waals surface area contributed by atoms with E-state index in [-0.39, 0.29) is 0 Å². The summed E-state index contributed by atoms with van der Waals surface area (Å²) in [5.74, 6) is 1.41. The fraction of sp³-hybridized carbons (Fsp3) is 0.800. The number of nitrogens with zero attached hydrogens (tertiary/aromatic N) is 3. The topological polar surface area (TPSA) is 55.0 Å². The van der Waals surface area contributed by atoms with Crippen molar-refractivity contribution in [1.82, 2.24) is 14.5 Å². The van der Waals surface area contributed by atoms with E-state index in [0.717, 1.165) is 37.8 Å². The van der Waals surface area contributed by atoms with Crippen molar-refractivity contribution in [2.24, 2.45) is 17.6 Å². The predicted octanol–water partition coefficient (Wildman–Crippen LogP) is 0.955. The van der Waals surface area contributed by atoms with E-state index in [2.05, 4.69) is 21.4 Å². The quantitative estimate of drug-likeness (QED) is 0.834. The van der Waals surface area contributed by atoms with Crippen LogP contribution in [0.5, 0.6) is 0 Å². The normalized spacial score (nSPS) is 28.1. The van der Waals surface area contributed by atoms with Crippen LogP contribution in [0.15, 0.2) is 5.38 Å². The highest BCUT2D eigenvalue weighted by Crippen LogP contribution is 2.23. The maximum atomic E-state index is 5.78. The predicted molar refractivity (Wildman–Crippen MR) is 61.5 cm³/mol. The van der Waals surface area contributed by atoms with Crippen molar-refractivity contribution in [2.45, 2.75) is 19.9 Å². The van der Waals surface area contributed by atoms with Crippen molar-refractivity contribution in [3.05, 3.63) is 11.1 Å². The molecule has 1 aromatic heterocycles. The first-order valence-electron chi connectivity index (χ1n) is 5.48. The number of nitrogens with two attached hydrogens (primary N) is 1. The highest BCUT2D eigenvalue weighted by molar-refractivity contribution is 7.03. The van der Waals surface area contributed by atoms with Gasteiger partial charge in [0.2, 0.25) is 0 Å². The summed E-state index contributed by atoms with van der Waals surface area (Å²) in [6.45, 7) is 6.30. The molecule has 0 saturated carbocycles. The van der Waals surface area contributed by atoms with E-state index >= 15 is 0 Å². The van der Waals surface area contributed by atoms with E-state index in [1.807, 2.05) is 5.38 Å². The number of piperidine rings is 1. The molecule has 2 rings (SSSR count). The van der Waals surface area contributed by atoms with Gasteiger partial charge in [-0.05, 0) is 42.9 Å². The Balaban J connectivity index is 1.89. The number of hydrogen-bond acceptors (Lipinski definition) is 5. The molecule has 15 heavy (non-hydrogen) atoms. The molecule has 2 N–H and O–H groups in total. The van der Waals surface area contributed by atoms with Gasteiger partial charge in [0.15, 0.2) is 0 Å². The van der Waals surface area contributed by atoms with Crippen LogP contribution in [0.25, 0.3) is 0 Å². The second kappa shape index (κ2) is 5.01. The fourth-order valence-electron chi connectivity index (χ4n) is 2.16. The zero-order chi connectivity index (χ0) is 10.7. The van der Waals surface area contributed by atoms with Crippen molar-refractivity contribution >= 4 is 11.5 Å². The van der Waals surface area contributed by atoms with Crippen LogP contribution in [0.2, 0.25) is 0 Å². The Hall–Kier alpha value is -0.520. The molecular formula is C10H18N4S. The average Bonchev–Trinajstić information content (AvgIpc) is 2.73. The molecule has 1 fully saturated rings. The van der Waals surface area contributed by atoms with Crippen molar-refractivity contribution in [3.63, 3.8) is 0 Å². The van der Waals surface area contributed by atoms with Gasteiger partial charge < -0.3 is 5.73 Å². The van der Waals surface area contributed by atoms with Gasteiger partial charge >= 0.3 is 0 Å². The molecule has 2 atom stereocenters. The van der Waals surface area contributed by atoms with Crippen molar-refractivity contribution in [1.29, 1.82) is 0 Å². The summed E-state index contributed by atoms with van der Waals surface area (Å²) in [5.41, 5.74) is 6.86. The van der Waals surface area contributed by atoms with Gasteiger partial charge in [-0.3, -0.25) is 4.90 Å². The molecule has 2 heterocycles. The van der Waals surface area contributed by atoms with Crippen LogP contribution < -0.4 is 5.73 Å². The Morgan fingerprint density at radius 1 is 1.67 bits per heavy atom. The second-order valence-electron chi connectivity index (χ2n) is 4.39. The molecule has 2 unspecified atom stereocenters. The molecule has 5 heteroatoms. The fourth-order valence-corrected chi connectivity index (χ4v) is 2.60. The first kappa shape index (κ1) is 11.0. The molecule has 0 amide bonds. The highest BCUT2D eigenvalue weighted by Gasteiger charge is 2.25. The Labute approximate surface area is 94.6 Å². The Morgan fingerprint density at radius 2 is 2.53 bits per heavy atom. The van der Waals surface area contributed by atoms with Crippen LogP contribution >= 0.6 is 11.5 Å². The lowest BCUT2D eigenvalue weighted by molar-refractivity contribution is 0.125. The smallest absolute Gasteiger partial charge is 0.0895 e. The molecule has 0 aromatic carbocycles. The number of rotatable bonds is 3. The molecule has 1 saturated heterocycles. The van der Waals surface area contributed by atoms with Gasteiger partial charge in [0.25, 0.3) is 0 Å². The maximum Gasteiger partial charge on any atom is 0.0895 e. The molecule has 0 bridgehead atoms. The molecule has 0 radical (unpaired) electrons. The minimum absolute atomic E-state index is 0.644. The van der Waals surface area contributed by atoms with E-state index in [9.17, 15) is 0 Å². The SMILES string of the molecule is CC1CCN(Cc2csnn2)CC1CN. The van der Waals surface area contributed by atoms with Crippen LogP contribution in [0, 0.1) is 11.8 Å². The van der Waals surface area contributed by atoms with Gasteiger partial charge in [-0.25, -0.2) is 0 Å². The van der Waals surface area contributed by atoms with Crippen molar-refractivity contribution in [2.75, 3.05) is 19.6 Å². The molecule has 1 aliphatic rings. The summed E-state index contributed by atoms with van der Waals surface area (Å²) in [5, 5.41) is 6.10. The monoisotopic (exact) mass is 226 g/mol. The van der Waals surface area contributed by atoms with Crippen LogP contribution in [0.4, 0.5) is 0 Å². The van der Waals surface area contributed by atoms with Gasteiger partial charge in [0.1, 0.15) is 0 Å². The van der Waals surface area contributed by atoms with Crippen LogP contribution in [0.1, 0.15) is 19.0 Å². The summed E-state index contributed by atoms with van der Waals surface area (Å²) in [4.78, 5) is 2.44. The standard InChI is InChI=1S/C10H18N4S/c1-8-2-3-14(5-9(8)4-11)6-10-7-15-13-12-10/h7-9H,2-6,11H2,1H3. The first-order chi connectivity index (χ1) is 7.29. The third-order valence-corrected chi connectivity index (χ3v) is 3.85. The van der Waals surface area contributed by atoms with Gasteiger partial charge in [0.05, 0.1) is 5.69 Å². The van der Waals surface area contributed by atoms with Crippen molar-refractivity contribution in [3.8, 4) is 0 Å². The molecular weight excluding hydrogens is 208 g/mol. The van der Waals surface area contributed by atoms with Crippen LogP contribution in [-0.4, -0.2) is 34.1 Å². The summed E-state index contributed by atoms with van der Waals surface area (Å²) >= 11 is 1.42. The maximum absolute atomic E-state index is 5.78. The largest absolute Gasteiger partial charge is 0.330 e. The van der Waals surface area contributed by atoms with Crippen LogP contribution in [-0.2, 0) is 6.54 Å². The van der Waals surface area contributed by atoms with Gasteiger partial charge in [0, 0.05) is 18.5 Å². The lowest BCUT2D eigenvalue weighted by Crippen LogP contribution is -2.42. The number of aromatic nitrogens is 2. The minimum atomic E-state index is 0.644. The Bertz CT molecular complexity index is 288. The summed E-state index contributed by atoms with van der Waals surface area (Å²) in [6, 6.07) is 0. The molecule has 4 nitrogen and oxygen atoms in total. The summed E-state index contributed by atoms with van der Waals surface area (Å²) in [7, 11) is 0. The lowest BCUT2D eigenvalue weighted by atomic mass is 9.87. The number of likely N-dealkylation sites (tertiary alicyclic amines) is 1. The van der Waals surface area contributed by atoms with Gasteiger partial charge in [-0.15, -0.1) is 5.10 Å². The van der Waals surface area contributed by atoms with Crippen LogP contribution in [0.3, 0.4) is 0 Å².